The molecule has 0 amide bonds. The number of rotatable bonds is 7. The minimum absolute atomic E-state index is 0.207. The van der Waals surface area contributed by atoms with E-state index in [0.29, 0.717) is 18.9 Å². The molecule has 1 heterocycles. The highest BCUT2D eigenvalue weighted by Crippen LogP contribution is 2.06. The van der Waals surface area contributed by atoms with Gasteiger partial charge in [0.05, 0.1) is 6.61 Å². The Morgan fingerprint density at radius 1 is 1.69 bits per heavy atom. The second-order valence-electron chi connectivity index (χ2n) is 3.72. The molecule has 1 rings (SSSR count). The van der Waals surface area contributed by atoms with Gasteiger partial charge in [-0.3, -0.25) is 4.21 Å². The van der Waals surface area contributed by atoms with Crippen LogP contribution < -0.4 is 5.32 Å². The predicted molar refractivity (Wildman–Crippen MR) is 66.1 cm³/mol. The van der Waals surface area contributed by atoms with E-state index < -0.39 is 10.8 Å². The first kappa shape index (κ1) is 13.2. The number of nitrogens with one attached hydrogen (secondary N) is 1. The molecule has 0 aromatic carbocycles. The average molecular weight is 245 g/mol. The molecule has 2 atom stereocenters. The topological polar surface area (TPSA) is 56.1 Å². The quantitative estimate of drug-likeness (QED) is 0.768. The fourth-order valence-electron chi connectivity index (χ4n) is 1.37. The Morgan fingerprint density at radius 2 is 2.44 bits per heavy atom. The number of nitrogens with zero attached hydrogens (tertiary/aromatic N) is 2. The Kier molecular flexibility index (Phi) is 5.48. The van der Waals surface area contributed by atoms with Crippen LogP contribution in [0, 0.1) is 0 Å². The van der Waals surface area contributed by atoms with E-state index in [1.165, 1.54) is 0 Å². The molecule has 16 heavy (non-hydrogen) atoms. The van der Waals surface area contributed by atoms with Crippen molar-refractivity contribution in [3.63, 3.8) is 0 Å². The van der Waals surface area contributed by atoms with Crippen molar-refractivity contribution in [2.75, 3.05) is 31.0 Å². The predicted octanol–water partition coefficient (Wildman–Crippen LogP) is 0.708. The molecule has 0 bridgehead atoms. The summed E-state index contributed by atoms with van der Waals surface area (Å²) in [5.41, 5.74) is 0. The van der Waals surface area contributed by atoms with Gasteiger partial charge in [-0.15, -0.1) is 0 Å². The van der Waals surface area contributed by atoms with Gasteiger partial charge in [0.15, 0.2) is 0 Å². The fourth-order valence-corrected chi connectivity index (χ4v) is 1.82. The second kappa shape index (κ2) is 6.65. The first-order chi connectivity index (χ1) is 7.63. The molecule has 5 nitrogen and oxygen atoms in total. The molecule has 0 saturated carbocycles. The smallest absolute Gasteiger partial charge is 0.203 e. The number of anilines is 1. The van der Waals surface area contributed by atoms with Crippen molar-refractivity contribution in [2.45, 2.75) is 19.5 Å². The van der Waals surface area contributed by atoms with Crippen LogP contribution in [0.1, 0.15) is 6.92 Å². The third-order valence-electron chi connectivity index (χ3n) is 2.13. The van der Waals surface area contributed by atoms with Gasteiger partial charge in [0, 0.05) is 54.9 Å². The van der Waals surface area contributed by atoms with E-state index in [4.69, 9.17) is 4.74 Å². The maximum Gasteiger partial charge on any atom is 0.203 e. The summed E-state index contributed by atoms with van der Waals surface area (Å²) in [4.78, 5) is 4.21. The first-order valence-corrected chi connectivity index (χ1v) is 6.93. The average Bonchev–Trinajstić information content (AvgIpc) is 2.62. The van der Waals surface area contributed by atoms with Crippen LogP contribution >= 0.6 is 0 Å². The molecular formula is C10H19N3O2S. The van der Waals surface area contributed by atoms with Crippen molar-refractivity contribution < 1.29 is 8.95 Å². The van der Waals surface area contributed by atoms with Gasteiger partial charge in [-0.2, -0.15) is 0 Å². The molecule has 1 aromatic heterocycles. The van der Waals surface area contributed by atoms with Crippen molar-refractivity contribution in [1.29, 1.82) is 0 Å². The lowest BCUT2D eigenvalue weighted by Crippen LogP contribution is -2.23. The number of aromatic nitrogens is 2. The van der Waals surface area contributed by atoms with Crippen molar-refractivity contribution in [3.05, 3.63) is 12.4 Å². The van der Waals surface area contributed by atoms with Crippen LogP contribution in [-0.2, 0) is 22.1 Å². The largest absolute Gasteiger partial charge is 0.383 e. The van der Waals surface area contributed by atoms with Crippen LogP contribution in [0.4, 0.5) is 5.95 Å². The number of ether oxygens (including phenoxy) is 1. The summed E-state index contributed by atoms with van der Waals surface area (Å²) in [6.07, 6.45) is 5.33. The molecule has 92 valence electrons. The maximum absolute atomic E-state index is 11.0. The molecule has 2 unspecified atom stereocenters. The van der Waals surface area contributed by atoms with E-state index in [1.807, 2.05) is 17.7 Å². The van der Waals surface area contributed by atoms with Gasteiger partial charge in [0.2, 0.25) is 5.95 Å². The molecule has 6 heteroatoms. The third-order valence-corrected chi connectivity index (χ3v) is 2.88. The van der Waals surface area contributed by atoms with Gasteiger partial charge in [-0.1, -0.05) is 0 Å². The second-order valence-corrected chi connectivity index (χ2v) is 5.28. The minimum Gasteiger partial charge on any atom is -0.383 e. The summed E-state index contributed by atoms with van der Waals surface area (Å²) in [5.74, 6) is 1.44. The summed E-state index contributed by atoms with van der Waals surface area (Å²) in [7, 11) is 0.896. The number of methoxy groups -OCH3 is 1. The third kappa shape index (κ3) is 4.32. The van der Waals surface area contributed by atoms with Crippen molar-refractivity contribution >= 4 is 16.7 Å². The van der Waals surface area contributed by atoms with E-state index in [-0.39, 0.29) is 6.04 Å². The molecule has 0 spiro atoms. The zero-order valence-electron chi connectivity index (χ0n) is 9.97. The van der Waals surface area contributed by atoms with E-state index in [2.05, 4.69) is 10.3 Å². The van der Waals surface area contributed by atoms with E-state index >= 15 is 0 Å². The normalized spacial score (nSPS) is 14.7. The van der Waals surface area contributed by atoms with Gasteiger partial charge in [-0.05, 0) is 6.92 Å². The zero-order valence-corrected chi connectivity index (χ0v) is 10.8. The highest BCUT2D eigenvalue weighted by molar-refractivity contribution is 7.84. The summed E-state index contributed by atoms with van der Waals surface area (Å²) >= 11 is 0. The van der Waals surface area contributed by atoms with Gasteiger partial charge in [0.1, 0.15) is 0 Å². The SMILES string of the molecule is COCC(C)Nc1nccn1CCS(C)=O. The van der Waals surface area contributed by atoms with Crippen LogP contribution in [0.15, 0.2) is 12.4 Å². The van der Waals surface area contributed by atoms with Gasteiger partial charge in [0.25, 0.3) is 0 Å². The monoisotopic (exact) mass is 245 g/mol. The summed E-state index contributed by atoms with van der Waals surface area (Å²) in [6, 6.07) is 0.207. The Hall–Kier alpha value is -0.880. The van der Waals surface area contributed by atoms with Gasteiger partial charge in [-0.25, -0.2) is 4.98 Å². The van der Waals surface area contributed by atoms with Crippen molar-refractivity contribution in [1.82, 2.24) is 9.55 Å². The van der Waals surface area contributed by atoms with Crippen LogP contribution in [-0.4, -0.2) is 45.5 Å². The summed E-state index contributed by atoms with van der Waals surface area (Å²) in [6.45, 7) is 3.37. The number of imidazole rings is 1. The van der Waals surface area contributed by atoms with E-state index in [0.717, 1.165) is 5.95 Å². The lowest BCUT2D eigenvalue weighted by atomic mass is 10.4. The molecule has 0 aliphatic carbocycles. The highest BCUT2D eigenvalue weighted by Gasteiger charge is 2.06. The van der Waals surface area contributed by atoms with Gasteiger partial charge < -0.3 is 14.6 Å². The lowest BCUT2D eigenvalue weighted by Gasteiger charge is -2.14. The molecule has 0 fully saturated rings. The van der Waals surface area contributed by atoms with Crippen LogP contribution in [0.3, 0.4) is 0 Å². The molecule has 0 saturated heterocycles. The Bertz CT molecular complexity index is 341. The Labute approximate surface area is 98.7 Å². The maximum atomic E-state index is 11.0. The van der Waals surface area contributed by atoms with E-state index in [1.54, 1.807) is 19.6 Å². The fraction of sp³-hybridized carbons (Fsp3) is 0.700. The minimum atomic E-state index is -0.776. The first-order valence-electron chi connectivity index (χ1n) is 5.20. The Morgan fingerprint density at radius 3 is 3.06 bits per heavy atom. The molecule has 0 aliphatic heterocycles. The number of hydrogen-bond acceptors (Lipinski definition) is 4. The van der Waals surface area contributed by atoms with Gasteiger partial charge >= 0.3 is 0 Å². The van der Waals surface area contributed by atoms with Crippen molar-refractivity contribution in [2.24, 2.45) is 0 Å². The van der Waals surface area contributed by atoms with Crippen LogP contribution in [0.25, 0.3) is 0 Å². The summed E-state index contributed by atoms with van der Waals surface area (Å²) in [5, 5.41) is 3.24. The summed E-state index contributed by atoms with van der Waals surface area (Å²) < 4.78 is 18.0. The number of aryl methyl sites for hydroxylation is 1. The number of hydrogen-bond donors (Lipinski definition) is 1. The van der Waals surface area contributed by atoms with Crippen molar-refractivity contribution in [3.8, 4) is 0 Å². The molecular weight excluding hydrogens is 226 g/mol. The molecule has 1 aromatic rings. The zero-order chi connectivity index (χ0) is 12.0. The lowest BCUT2D eigenvalue weighted by molar-refractivity contribution is 0.190. The molecule has 0 aliphatic rings. The molecule has 1 N–H and O–H groups in total. The Balaban J connectivity index is 2.52. The molecule has 0 radical (unpaired) electrons. The van der Waals surface area contributed by atoms with Crippen LogP contribution in [0.5, 0.6) is 0 Å². The highest BCUT2D eigenvalue weighted by atomic mass is 32.2. The van der Waals surface area contributed by atoms with E-state index in [9.17, 15) is 4.21 Å². The standard InChI is InChI=1S/C10H19N3O2S/c1-9(8-15-2)12-10-11-4-5-13(10)6-7-16(3)14/h4-5,9H,6-8H2,1-3H3,(H,11,12). The van der Waals surface area contributed by atoms with Crippen LogP contribution in [0.2, 0.25) is 0 Å².